The molecule has 0 radical (unpaired) electrons. The number of rotatable bonds is 3. The fraction of sp³-hybridized carbons (Fsp3) is 0.615. The van der Waals surface area contributed by atoms with Gasteiger partial charge in [0.1, 0.15) is 0 Å². The molecule has 0 amide bonds. The van der Waals surface area contributed by atoms with Crippen molar-refractivity contribution in [3.8, 4) is 11.4 Å². The SMILES string of the molecule is CC(C)[C@H]1CC[C@@H](C)c2ccc(-c3ccc4c(n3)[C@@H](C(C)C)CC[C@H]4C)nc21. The minimum absolute atomic E-state index is 0.576. The third-order valence-corrected chi connectivity index (χ3v) is 7.37. The summed E-state index contributed by atoms with van der Waals surface area (Å²) in [6, 6.07) is 9.09. The molecule has 0 aromatic carbocycles. The van der Waals surface area contributed by atoms with E-state index in [1.165, 1.54) is 48.2 Å². The standard InChI is InChI=1S/C26H36N2/c1-15(2)19-9-7-17(5)21-11-13-23(27-25(19)21)24-14-12-22-18(6)8-10-20(16(3)4)26(22)28-24/h11-20H,7-10H2,1-6H3/t17-,18-,19-,20-/m1/s1. The van der Waals surface area contributed by atoms with Gasteiger partial charge in [-0.25, -0.2) is 0 Å². The van der Waals surface area contributed by atoms with Crippen LogP contribution in [0, 0.1) is 11.8 Å². The van der Waals surface area contributed by atoms with Gasteiger partial charge in [-0.05, 0) is 72.6 Å². The van der Waals surface area contributed by atoms with Crippen molar-refractivity contribution in [2.45, 2.75) is 90.9 Å². The molecule has 2 aromatic heterocycles. The van der Waals surface area contributed by atoms with Crippen LogP contribution in [-0.4, -0.2) is 9.97 Å². The van der Waals surface area contributed by atoms with E-state index in [2.05, 4.69) is 65.8 Å². The molecule has 0 spiro atoms. The topological polar surface area (TPSA) is 25.8 Å². The zero-order valence-electron chi connectivity index (χ0n) is 18.5. The average molecular weight is 377 g/mol. The lowest BCUT2D eigenvalue weighted by molar-refractivity contribution is 0.399. The summed E-state index contributed by atoms with van der Waals surface area (Å²) in [5.74, 6) is 3.66. The Morgan fingerprint density at radius 3 is 1.39 bits per heavy atom. The van der Waals surface area contributed by atoms with Crippen molar-refractivity contribution in [1.82, 2.24) is 9.97 Å². The Morgan fingerprint density at radius 1 is 0.643 bits per heavy atom. The smallest absolute Gasteiger partial charge is 0.0889 e. The molecule has 0 bridgehead atoms. The molecule has 0 aliphatic heterocycles. The zero-order chi connectivity index (χ0) is 20.0. The molecule has 0 saturated heterocycles. The fourth-order valence-electron chi connectivity index (χ4n) is 5.43. The van der Waals surface area contributed by atoms with Crippen LogP contribution in [0.5, 0.6) is 0 Å². The van der Waals surface area contributed by atoms with E-state index in [-0.39, 0.29) is 0 Å². The van der Waals surface area contributed by atoms with Gasteiger partial charge in [0.05, 0.1) is 11.4 Å². The monoisotopic (exact) mass is 376 g/mol. The molecule has 2 heterocycles. The molecule has 0 N–H and O–H groups in total. The molecule has 0 saturated carbocycles. The van der Waals surface area contributed by atoms with Crippen LogP contribution >= 0.6 is 0 Å². The minimum atomic E-state index is 0.576. The number of pyridine rings is 2. The van der Waals surface area contributed by atoms with Crippen LogP contribution in [0.1, 0.15) is 113 Å². The Kier molecular flexibility index (Phi) is 5.33. The maximum absolute atomic E-state index is 5.21. The van der Waals surface area contributed by atoms with Gasteiger partial charge in [0.25, 0.3) is 0 Å². The van der Waals surface area contributed by atoms with Gasteiger partial charge >= 0.3 is 0 Å². The van der Waals surface area contributed by atoms with Crippen LogP contribution in [0.4, 0.5) is 0 Å². The molecule has 0 unspecified atom stereocenters. The molecule has 2 nitrogen and oxygen atoms in total. The fourth-order valence-corrected chi connectivity index (χ4v) is 5.43. The van der Waals surface area contributed by atoms with Crippen molar-refractivity contribution < 1.29 is 0 Å². The minimum Gasteiger partial charge on any atom is -0.251 e. The molecule has 2 heteroatoms. The van der Waals surface area contributed by atoms with E-state index in [0.29, 0.717) is 35.5 Å². The number of aromatic nitrogens is 2. The molecule has 0 fully saturated rings. The summed E-state index contributed by atoms with van der Waals surface area (Å²) in [7, 11) is 0. The quantitative estimate of drug-likeness (QED) is 0.557. The van der Waals surface area contributed by atoms with Crippen molar-refractivity contribution in [2.24, 2.45) is 11.8 Å². The average Bonchev–Trinajstić information content (AvgIpc) is 2.67. The Bertz CT molecular complexity index is 780. The van der Waals surface area contributed by atoms with Gasteiger partial charge in [0.2, 0.25) is 0 Å². The highest BCUT2D eigenvalue weighted by atomic mass is 14.8. The van der Waals surface area contributed by atoms with Crippen molar-refractivity contribution in [3.63, 3.8) is 0 Å². The summed E-state index contributed by atoms with van der Waals surface area (Å²) >= 11 is 0. The van der Waals surface area contributed by atoms with E-state index in [9.17, 15) is 0 Å². The van der Waals surface area contributed by atoms with Gasteiger partial charge in [0, 0.05) is 23.2 Å². The predicted molar refractivity (Wildman–Crippen MR) is 118 cm³/mol. The summed E-state index contributed by atoms with van der Waals surface area (Å²) < 4.78 is 0. The Labute approximate surface area is 171 Å². The maximum atomic E-state index is 5.21. The first-order chi connectivity index (χ1) is 13.4. The molecule has 2 aliphatic carbocycles. The lowest BCUT2D eigenvalue weighted by Gasteiger charge is -2.32. The molecule has 2 aromatic rings. The molecule has 4 atom stereocenters. The van der Waals surface area contributed by atoms with Crippen molar-refractivity contribution in [2.75, 3.05) is 0 Å². The van der Waals surface area contributed by atoms with E-state index in [1.54, 1.807) is 0 Å². The van der Waals surface area contributed by atoms with Crippen molar-refractivity contribution >= 4 is 0 Å². The van der Waals surface area contributed by atoms with Crippen molar-refractivity contribution in [3.05, 3.63) is 46.8 Å². The first-order valence-corrected chi connectivity index (χ1v) is 11.4. The normalized spacial score (nSPS) is 27.0. The molecular formula is C26H36N2. The van der Waals surface area contributed by atoms with Crippen LogP contribution in [0.15, 0.2) is 24.3 Å². The molecule has 2 aliphatic rings. The van der Waals surface area contributed by atoms with Crippen LogP contribution in [0.25, 0.3) is 11.4 Å². The second kappa shape index (κ2) is 7.61. The van der Waals surface area contributed by atoms with Gasteiger partial charge in [-0.1, -0.05) is 53.7 Å². The lowest BCUT2D eigenvalue weighted by atomic mass is 9.75. The highest BCUT2D eigenvalue weighted by Crippen LogP contribution is 2.44. The van der Waals surface area contributed by atoms with Crippen molar-refractivity contribution in [1.29, 1.82) is 0 Å². The highest BCUT2D eigenvalue weighted by molar-refractivity contribution is 5.57. The van der Waals surface area contributed by atoms with Gasteiger partial charge in [0.15, 0.2) is 0 Å². The Morgan fingerprint density at radius 2 is 1.04 bits per heavy atom. The molecule has 150 valence electrons. The second-order valence-electron chi connectivity index (χ2n) is 10.00. The second-order valence-corrected chi connectivity index (χ2v) is 10.00. The zero-order valence-corrected chi connectivity index (χ0v) is 18.5. The maximum Gasteiger partial charge on any atom is 0.0889 e. The van der Waals surface area contributed by atoms with Crippen LogP contribution < -0.4 is 0 Å². The number of nitrogens with zero attached hydrogens (tertiary/aromatic N) is 2. The highest BCUT2D eigenvalue weighted by Gasteiger charge is 2.30. The summed E-state index contributed by atoms with van der Waals surface area (Å²) in [5, 5.41) is 0. The van der Waals surface area contributed by atoms with E-state index in [0.717, 1.165) is 11.4 Å². The van der Waals surface area contributed by atoms with Gasteiger partial charge < -0.3 is 0 Å². The van der Waals surface area contributed by atoms with E-state index >= 15 is 0 Å². The van der Waals surface area contributed by atoms with Crippen LogP contribution in [-0.2, 0) is 0 Å². The lowest BCUT2D eigenvalue weighted by Crippen LogP contribution is -2.20. The first-order valence-electron chi connectivity index (χ1n) is 11.4. The summed E-state index contributed by atoms with van der Waals surface area (Å²) in [6.07, 6.45) is 5.07. The van der Waals surface area contributed by atoms with E-state index < -0.39 is 0 Å². The van der Waals surface area contributed by atoms with E-state index in [4.69, 9.17) is 9.97 Å². The van der Waals surface area contributed by atoms with Crippen LogP contribution in [0.2, 0.25) is 0 Å². The largest absolute Gasteiger partial charge is 0.251 e. The number of fused-ring (bicyclic) bond motifs is 2. The van der Waals surface area contributed by atoms with Gasteiger partial charge in [-0.2, -0.15) is 0 Å². The van der Waals surface area contributed by atoms with E-state index in [1.807, 2.05) is 0 Å². The van der Waals surface area contributed by atoms with Crippen LogP contribution in [0.3, 0.4) is 0 Å². The van der Waals surface area contributed by atoms with Gasteiger partial charge in [-0.15, -0.1) is 0 Å². The molecule has 4 rings (SSSR count). The third-order valence-electron chi connectivity index (χ3n) is 7.37. The molecule has 28 heavy (non-hydrogen) atoms. The first kappa shape index (κ1) is 19.6. The Balaban J connectivity index is 1.78. The van der Waals surface area contributed by atoms with Gasteiger partial charge in [-0.3, -0.25) is 9.97 Å². The summed E-state index contributed by atoms with van der Waals surface area (Å²) in [5.41, 5.74) is 7.70. The Hall–Kier alpha value is -1.70. The number of hydrogen-bond donors (Lipinski definition) is 0. The molecular weight excluding hydrogens is 340 g/mol. The summed E-state index contributed by atoms with van der Waals surface area (Å²) in [6.45, 7) is 14.1. The third kappa shape index (κ3) is 3.40. The predicted octanol–water partition coefficient (Wildman–Crippen LogP) is 7.42. The number of hydrogen-bond acceptors (Lipinski definition) is 2. The summed E-state index contributed by atoms with van der Waals surface area (Å²) in [4.78, 5) is 10.4.